The summed E-state index contributed by atoms with van der Waals surface area (Å²) in [5.74, 6) is 2.37. The van der Waals surface area contributed by atoms with Gasteiger partial charge in [-0.05, 0) is 24.1 Å². The number of ether oxygens (including phenoxy) is 2. The molecule has 2 unspecified atom stereocenters. The van der Waals surface area contributed by atoms with Crippen LogP contribution in [0.25, 0.3) is 0 Å². The molecule has 2 aromatic heterocycles. The lowest BCUT2D eigenvalue weighted by molar-refractivity contribution is 0.171. The summed E-state index contributed by atoms with van der Waals surface area (Å²) in [6.07, 6.45) is 6.35. The van der Waals surface area contributed by atoms with Crippen molar-refractivity contribution in [3.8, 4) is 11.5 Å². The number of hydrogen-bond donors (Lipinski definition) is 1. The maximum atomic E-state index is 5.72. The van der Waals surface area contributed by atoms with Crippen LogP contribution in [0.15, 0.2) is 36.9 Å². The molecule has 2 aliphatic rings. The summed E-state index contributed by atoms with van der Waals surface area (Å²) >= 11 is 0. The molecule has 0 bridgehead atoms. The third-order valence-corrected chi connectivity index (χ3v) is 4.71. The fourth-order valence-electron chi connectivity index (χ4n) is 3.50. The van der Waals surface area contributed by atoms with E-state index in [0.29, 0.717) is 13.2 Å². The molecule has 8 nitrogen and oxygen atoms in total. The van der Waals surface area contributed by atoms with Crippen molar-refractivity contribution in [2.75, 3.05) is 18.5 Å². The first-order chi connectivity index (χ1) is 12.3. The smallest absolute Gasteiger partial charge is 0.222 e. The van der Waals surface area contributed by atoms with E-state index in [9.17, 15) is 0 Å². The van der Waals surface area contributed by atoms with Crippen molar-refractivity contribution in [3.05, 3.63) is 48.0 Å². The van der Waals surface area contributed by atoms with Crippen molar-refractivity contribution < 1.29 is 9.47 Å². The van der Waals surface area contributed by atoms with E-state index in [-0.39, 0.29) is 12.1 Å². The summed E-state index contributed by atoms with van der Waals surface area (Å²) in [5.41, 5.74) is 2.27. The highest BCUT2D eigenvalue weighted by molar-refractivity contribution is 5.47. The summed E-state index contributed by atoms with van der Waals surface area (Å²) in [7, 11) is 1.92. The van der Waals surface area contributed by atoms with E-state index in [4.69, 9.17) is 9.47 Å². The number of aryl methyl sites for hydroxylation is 1. The third-order valence-electron chi connectivity index (χ3n) is 4.71. The third kappa shape index (κ3) is 2.41. The van der Waals surface area contributed by atoms with Gasteiger partial charge in [0.2, 0.25) is 5.95 Å². The molecule has 128 valence electrons. The highest BCUT2D eigenvalue weighted by Gasteiger charge is 2.31. The molecule has 0 amide bonds. The van der Waals surface area contributed by atoms with E-state index in [2.05, 4.69) is 32.6 Å². The molecule has 1 N–H and O–H groups in total. The van der Waals surface area contributed by atoms with E-state index in [1.807, 2.05) is 34.9 Å². The molecule has 8 heteroatoms. The SMILES string of the molecule is Cn1cc(C2CC(c3ccc4c(c3)OCCO4)Nc3ncnn32)cn1. The Labute approximate surface area is 144 Å². The minimum Gasteiger partial charge on any atom is -0.486 e. The second kappa shape index (κ2) is 5.51. The Morgan fingerprint density at radius 1 is 1.12 bits per heavy atom. The van der Waals surface area contributed by atoms with E-state index >= 15 is 0 Å². The predicted molar refractivity (Wildman–Crippen MR) is 89.8 cm³/mol. The maximum absolute atomic E-state index is 5.72. The average Bonchev–Trinajstić information content (AvgIpc) is 3.29. The number of fused-ring (bicyclic) bond motifs is 2. The average molecular weight is 338 g/mol. The lowest BCUT2D eigenvalue weighted by Crippen LogP contribution is -2.28. The van der Waals surface area contributed by atoms with Gasteiger partial charge in [0.05, 0.1) is 18.3 Å². The van der Waals surface area contributed by atoms with Crippen LogP contribution in [0.3, 0.4) is 0 Å². The first-order valence-corrected chi connectivity index (χ1v) is 8.32. The van der Waals surface area contributed by atoms with Crippen LogP contribution in [0.4, 0.5) is 5.95 Å². The van der Waals surface area contributed by atoms with E-state index in [0.717, 1.165) is 35.0 Å². The second-order valence-corrected chi connectivity index (χ2v) is 6.33. The number of hydrogen-bond acceptors (Lipinski definition) is 6. The van der Waals surface area contributed by atoms with Gasteiger partial charge >= 0.3 is 0 Å². The summed E-state index contributed by atoms with van der Waals surface area (Å²) in [6.45, 7) is 1.18. The Kier molecular flexibility index (Phi) is 3.16. The van der Waals surface area contributed by atoms with Crippen molar-refractivity contribution in [1.29, 1.82) is 0 Å². The monoisotopic (exact) mass is 338 g/mol. The van der Waals surface area contributed by atoms with Gasteiger partial charge in [0.15, 0.2) is 11.5 Å². The Hall–Kier alpha value is -3.03. The van der Waals surface area contributed by atoms with Gasteiger partial charge in [-0.3, -0.25) is 4.68 Å². The minimum atomic E-state index is 0.0886. The first-order valence-electron chi connectivity index (χ1n) is 8.32. The van der Waals surface area contributed by atoms with Crippen LogP contribution in [0.2, 0.25) is 0 Å². The molecular weight excluding hydrogens is 320 g/mol. The van der Waals surface area contributed by atoms with Crippen LogP contribution in [0, 0.1) is 0 Å². The number of benzene rings is 1. The lowest BCUT2D eigenvalue weighted by Gasteiger charge is -2.31. The lowest BCUT2D eigenvalue weighted by atomic mass is 9.94. The van der Waals surface area contributed by atoms with Gasteiger partial charge in [-0.1, -0.05) is 6.07 Å². The largest absolute Gasteiger partial charge is 0.486 e. The minimum absolute atomic E-state index is 0.0886. The molecule has 0 fully saturated rings. The number of anilines is 1. The molecule has 0 radical (unpaired) electrons. The fourth-order valence-corrected chi connectivity index (χ4v) is 3.50. The van der Waals surface area contributed by atoms with E-state index < -0.39 is 0 Å². The summed E-state index contributed by atoms with van der Waals surface area (Å²) in [4.78, 5) is 4.36. The zero-order chi connectivity index (χ0) is 16.8. The summed E-state index contributed by atoms with van der Waals surface area (Å²) in [5, 5.41) is 12.2. The highest BCUT2D eigenvalue weighted by Crippen LogP contribution is 2.40. The topological polar surface area (TPSA) is 79.0 Å². The normalized spacial score (nSPS) is 21.5. The zero-order valence-corrected chi connectivity index (χ0v) is 13.8. The van der Waals surface area contributed by atoms with Gasteiger partial charge < -0.3 is 14.8 Å². The van der Waals surface area contributed by atoms with Crippen molar-refractivity contribution >= 4 is 5.95 Å². The second-order valence-electron chi connectivity index (χ2n) is 6.33. The van der Waals surface area contributed by atoms with Crippen LogP contribution >= 0.6 is 0 Å². The molecular formula is C17H18N6O2. The number of nitrogens with zero attached hydrogens (tertiary/aromatic N) is 5. The van der Waals surface area contributed by atoms with Crippen LogP contribution in [0.5, 0.6) is 11.5 Å². The predicted octanol–water partition coefficient (Wildman–Crippen LogP) is 1.93. The molecule has 0 spiro atoms. The standard InChI is InChI=1S/C17H18N6O2/c1-22-9-12(8-19-22)14-7-13(21-17-18-10-20-23(14)17)11-2-3-15-16(6-11)25-5-4-24-15/h2-3,6,8-10,13-14H,4-5,7H2,1H3,(H,18,20,21). The number of nitrogens with one attached hydrogen (secondary N) is 1. The van der Waals surface area contributed by atoms with Crippen LogP contribution < -0.4 is 14.8 Å². The van der Waals surface area contributed by atoms with Crippen molar-refractivity contribution in [2.45, 2.75) is 18.5 Å². The molecule has 5 rings (SSSR count). The highest BCUT2D eigenvalue weighted by atomic mass is 16.6. The van der Waals surface area contributed by atoms with Crippen LogP contribution in [-0.2, 0) is 7.05 Å². The van der Waals surface area contributed by atoms with Crippen molar-refractivity contribution in [2.24, 2.45) is 7.05 Å². The van der Waals surface area contributed by atoms with Crippen molar-refractivity contribution in [1.82, 2.24) is 24.5 Å². The van der Waals surface area contributed by atoms with Crippen LogP contribution in [0.1, 0.15) is 29.6 Å². The molecule has 0 saturated carbocycles. The first kappa shape index (κ1) is 14.3. The van der Waals surface area contributed by atoms with E-state index in [1.54, 1.807) is 6.33 Å². The number of aromatic nitrogens is 5. The van der Waals surface area contributed by atoms with Gasteiger partial charge in [-0.15, -0.1) is 0 Å². The Morgan fingerprint density at radius 3 is 2.84 bits per heavy atom. The van der Waals surface area contributed by atoms with Gasteiger partial charge in [-0.2, -0.15) is 15.2 Å². The van der Waals surface area contributed by atoms with E-state index in [1.165, 1.54) is 0 Å². The molecule has 2 atom stereocenters. The van der Waals surface area contributed by atoms with Crippen molar-refractivity contribution in [3.63, 3.8) is 0 Å². The van der Waals surface area contributed by atoms with Crippen LogP contribution in [-0.4, -0.2) is 37.8 Å². The summed E-state index contributed by atoms with van der Waals surface area (Å²) in [6, 6.07) is 6.31. The molecule has 0 aliphatic carbocycles. The van der Waals surface area contributed by atoms with Gasteiger partial charge in [0.1, 0.15) is 19.5 Å². The summed E-state index contributed by atoms with van der Waals surface area (Å²) < 4.78 is 15.1. The quantitative estimate of drug-likeness (QED) is 0.769. The molecule has 0 saturated heterocycles. The fraction of sp³-hybridized carbons (Fsp3) is 0.353. The maximum Gasteiger partial charge on any atom is 0.222 e. The zero-order valence-electron chi connectivity index (χ0n) is 13.8. The van der Waals surface area contributed by atoms with Gasteiger partial charge in [0, 0.05) is 18.8 Å². The molecule has 3 aromatic rings. The van der Waals surface area contributed by atoms with Gasteiger partial charge in [0.25, 0.3) is 0 Å². The molecule has 25 heavy (non-hydrogen) atoms. The Bertz CT molecular complexity index is 918. The Balaban J connectivity index is 1.51. The Morgan fingerprint density at radius 2 is 2.00 bits per heavy atom. The molecule has 1 aromatic carbocycles. The molecule has 2 aliphatic heterocycles. The molecule has 4 heterocycles. The number of rotatable bonds is 2. The van der Waals surface area contributed by atoms with Gasteiger partial charge in [-0.25, -0.2) is 4.68 Å².